The topological polar surface area (TPSA) is 69.7 Å². The van der Waals surface area contributed by atoms with Crippen LogP contribution in [-0.2, 0) is 23.9 Å². The summed E-state index contributed by atoms with van der Waals surface area (Å²) in [5, 5.41) is 0. The third-order valence-corrected chi connectivity index (χ3v) is 9.75. The molecule has 0 bridgehead atoms. The Hall–Kier alpha value is -1.39. The van der Waals surface area contributed by atoms with Gasteiger partial charge in [-0.25, -0.2) is 0 Å². The van der Waals surface area contributed by atoms with Crippen LogP contribution in [0.3, 0.4) is 0 Å². The minimum Gasteiger partial charge on any atom is -0.463 e. The standard InChI is InChI=1S/C25H38O5/c1-14(26)19-6-7-20-18-13-23(30-16(3)28)22-12-17(29-15(2)27)8-10-25(22,5)21(18)9-11-24(19,20)4/h17-23H,6-13H2,1-5H3/t17-,18+,19-,20-,21-,22+,23+,24-,25-/m1/s1. The molecule has 168 valence electrons. The van der Waals surface area contributed by atoms with Crippen molar-refractivity contribution in [2.75, 3.05) is 0 Å². The van der Waals surface area contributed by atoms with Crippen molar-refractivity contribution in [2.45, 2.75) is 98.2 Å². The molecule has 0 aliphatic heterocycles. The van der Waals surface area contributed by atoms with Gasteiger partial charge >= 0.3 is 11.9 Å². The molecule has 0 aromatic rings. The first kappa shape index (κ1) is 21.8. The minimum atomic E-state index is -0.226. The van der Waals surface area contributed by atoms with Crippen molar-refractivity contribution in [1.29, 1.82) is 0 Å². The number of Topliss-reactive ketones (excluding diaryl/α,β-unsaturated/α-hetero) is 1. The van der Waals surface area contributed by atoms with E-state index in [1.54, 1.807) is 6.92 Å². The number of rotatable bonds is 3. The van der Waals surface area contributed by atoms with Crippen LogP contribution in [0.2, 0.25) is 0 Å². The number of hydrogen-bond donors (Lipinski definition) is 0. The largest absolute Gasteiger partial charge is 0.463 e. The van der Waals surface area contributed by atoms with Gasteiger partial charge in [-0.05, 0) is 86.9 Å². The Balaban J connectivity index is 1.64. The van der Waals surface area contributed by atoms with Crippen molar-refractivity contribution < 1.29 is 23.9 Å². The van der Waals surface area contributed by atoms with E-state index in [4.69, 9.17) is 9.47 Å². The molecule has 9 atom stereocenters. The molecule has 0 unspecified atom stereocenters. The van der Waals surface area contributed by atoms with E-state index in [1.807, 2.05) is 0 Å². The molecule has 0 amide bonds. The molecule has 4 fully saturated rings. The summed E-state index contributed by atoms with van der Waals surface area (Å²) < 4.78 is 11.5. The average Bonchev–Trinajstić information content (AvgIpc) is 2.99. The lowest BCUT2D eigenvalue weighted by molar-refractivity contribution is -0.196. The molecule has 4 aliphatic rings. The molecule has 4 aliphatic carbocycles. The SMILES string of the molecule is CC(=O)O[C@@H]1CC[C@]2(C)[C@@H]3CC[C@]4(C)[C@@H](C(C)=O)CC[C@@H]4[C@@H]3C[C@H](OC(C)=O)[C@@H]2C1. The summed E-state index contributed by atoms with van der Waals surface area (Å²) in [6, 6.07) is 0. The first-order valence-electron chi connectivity index (χ1n) is 11.9. The summed E-state index contributed by atoms with van der Waals surface area (Å²) in [4.78, 5) is 35.9. The summed E-state index contributed by atoms with van der Waals surface area (Å²) in [6.07, 6.45) is 7.78. The highest BCUT2D eigenvalue weighted by atomic mass is 16.5. The lowest BCUT2D eigenvalue weighted by Crippen LogP contribution is -2.59. The highest BCUT2D eigenvalue weighted by Gasteiger charge is 2.63. The normalized spacial score (nSPS) is 47.4. The number of fused-ring (bicyclic) bond motifs is 5. The van der Waals surface area contributed by atoms with Crippen LogP contribution in [0.25, 0.3) is 0 Å². The molecular weight excluding hydrogens is 380 g/mol. The molecule has 0 N–H and O–H groups in total. The zero-order valence-corrected chi connectivity index (χ0v) is 19.2. The van der Waals surface area contributed by atoms with Gasteiger partial charge in [0, 0.05) is 25.7 Å². The lowest BCUT2D eigenvalue weighted by atomic mass is 9.44. The predicted molar refractivity (Wildman–Crippen MR) is 112 cm³/mol. The maximum absolute atomic E-state index is 12.4. The predicted octanol–water partition coefficient (Wildman–Crippen LogP) is 4.71. The van der Waals surface area contributed by atoms with Crippen LogP contribution in [0.15, 0.2) is 0 Å². The highest BCUT2D eigenvalue weighted by molar-refractivity contribution is 5.79. The summed E-state index contributed by atoms with van der Waals surface area (Å²) >= 11 is 0. The van der Waals surface area contributed by atoms with Gasteiger partial charge in [-0.2, -0.15) is 0 Å². The van der Waals surface area contributed by atoms with Crippen LogP contribution in [0, 0.1) is 40.4 Å². The smallest absolute Gasteiger partial charge is 0.302 e. The Morgan fingerprint density at radius 1 is 0.733 bits per heavy atom. The molecule has 5 nitrogen and oxygen atoms in total. The maximum atomic E-state index is 12.4. The second-order valence-corrected chi connectivity index (χ2v) is 11.2. The first-order chi connectivity index (χ1) is 14.1. The summed E-state index contributed by atoms with van der Waals surface area (Å²) in [5.41, 5.74) is 0.182. The molecular formula is C25H38O5. The molecule has 0 radical (unpaired) electrons. The van der Waals surface area contributed by atoms with Crippen LogP contribution in [0.5, 0.6) is 0 Å². The van der Waals surface area contributed by atoms with E-state index in [-0.39, 0.29) is 46.8 Å². The Labute approximate surface area is 180 Å². The molecule has 4 rings (SSSR count). The van der Waals surface area contributed by atoms with Crippen molar-refractivity contribution in [3.05, 3.63) is 0 Å². The Kier molecular flexibility index (Phi) is 5.55. The van der Waals surface area contributed by atoms with Crippen molar-refractivity contribution in [1.82, 2.24) is 0 Å². The molecule has 0 aromatic carbocycles. The molecule has 0 aromatic heterocycles. The van der Waals surface area contributed by atoms with Crippen LogP contribution in [0.4, 0.5) is 0 Å². The molecule has 0 spiro atoms. The summed E-state index contributed by atoms with van der Waals surface area (Å²) in [7, 11) is 0. The van der Waals surface area contributed by atoms with E-state index in [0.717, 1.165) is 51.4 Å². The van der Waals surface area contributed by atoms with Crippen LogP contribution in [-0.4, -0.2) is 29.9 Å². The number of esters is 2. The molecule has 0 heterocycles. The molecule has 0 saturated heterocycles. The zero-order valence-electron chi connectivity index (χ0n) is 19.2. The number of ketones is 1. The number of hydrogen-bond acceptors (Lipinski definition) is 5. The number of carbonyl (C=O) groups is 3. The molecule has 30 heavy (non-hydrogen) atoms. The Morgan fingerprint density at radius 3 is 2.00 bits per heavy atom. The monoisotopic (exact) mass is 418 g/mol. The van der Waals surface area contributed by atoms with E-state index in [0.29, 0.717) is 23.5 Å². The second-order valence-electron chi connectivity index (χ2n) is 11.2. The van der Waals surface area contributed by atoms with Crippen LogP contribution in [0.1, 0.15) is 86.0 Å². The van der Waals surface area contributed by atoms with Gasteiger partial charge in [-0.3, -0.25) is 14.4 Å². The Morgan fingerprint density at radius 2 is 1.37 bits per heavy atom. The number of carbonyl (C=O) groups excluding carboxylic acids is 3. The average molecular weight is 419 g/mol. The third kappa shape index (κ3) is 3.40. The van der Waals surface area contributed by atoms with E-state index in [1.165, 1.54) is 13.8 Å². The van der Waals surface area contributed by atoms with E-state index < -0.39 is 0 Å². The van der Waals surface area contributed by atoms with Gasteiger partial charge in [0.15, 0.2) is 0 Å². The van der Waals surface area contributed by atoms with E-state index >= 15 is 0 Å². The Bertz CT molecular complexity index is 731. The van der Waals surface area contributed by atoms with Crippen molar-refractivity contribution >= 4 is 17.7 Å². The fourth-order valence-corrected chi connectivity index (χ4v) is 8.58. The van der Waals surface area contributed by atoms with E-state index in [9.17, 15) is 14.4 Å². The van der Waals surface area contributed by atoms with Crippen LogP contribution < -0.4 is 0 Å². The third-order valence-electron chi connectivity index (χ3n) is 9.75. The van der Waals surface area contributed by atoms with Crippen molar-refractivity contribution in [2.24, 2.45) is 40.4 Å². The zero-order chi connectivity index (χ0) is 21.8. The molecule has 4 saturated carbocycles. The number of ether oxygens (including phenoxy) is 2. The summed E-state index contributed by atoms with van der Waals surface area (Å²) in [5.74, 6) is 1.94. The first-order valence-corrected chi connectivity index (χ1v) is 11.9. The lowest BCUT2D eigenvalue weighted by Gasteiger charge is -2.62. The van der Waals surface area contributed by atoms with Gasteiger partial charge in [-0.15, -0.1) is 0 Å². The van der Waals surface area contributed by atoms with Crippen LogP contribution >= 0.6 is 0 Å². The van der Waals surface area contributed by atoms with E-state index in [2.05, 4.69) is 13.8 Å². The van der Waals surface area contributed by atoms with Gasteiger partial charge in [0.25, 0.3) is 0 Å². The van der Waals surface area contributed by atoms with Gasteiger partial charge in [-0.1, -0.05) is 13.8 Å². The van der Waals surface area contributed by atoms with Gasteiger partial charge < -0.3 is 9.47 Å². The van der Waals surface area contributed by atoms with Crippen molar-refractivity contribution in [3.63, 3.8) is 0 Å². The highest BCUT2D eigenvalue weighted by Crippen LogP contribution is 2.67. The van der Waals surface area contributed by atoms with Gasteiger partial charge in [0.2, 0.25) is 0 Å². The van der Waals surface area contributed by atoms with Gasteiger partial charge in [0.05, 0.1) is 0 Å². The summed E-state index contributed by atoms with van der Waals surface area (Å²) in [6.45, 7) is 9.49. The minimum absolute atomic E-state index is 0.0717. The fraction of sp³-hybridized carbons (Fsp3) is 0.880. The molecule has 5 heteroatoms. The quantitative estimate of drug-likeness (QED) is 0.621. The fourth-order valence-electron chi connectivity index (χ4n) is 8.58. The van der Waals surface area contributed by atoms with Crippen molar-refractivity contribution in [3.8, 4) is 0 Å². The maximum Gasteiger partial charge on any atom is 0.302 e. The second kappa shape index (κ2) is 7.63. The van der Waals surface area contributed by atoms with Gasteiger partial charge in [0.1, 0.15) is 18.0 Å².